The van der Waals surface area contributed by atoms with Gasteiger partial charge in [0, 0.05) is 17.0 Å². The molecular weight excluding hydrogens is 351 g/mol. The van der Waals surface area contributed by atoms with Crippen molar-refractivity contribution in [3.63, 3.8) is 0 Å². The molecule has 4 nitrogen and oxygen atoms in total. The van der Waals surface area contributed by atoms with Gasteiger partial charge in [-0.3, -0.25) is 4.79 Å². The summed E-state index contributed by atoms with van der Waals surface area (Å²) in [6.45, 7) is 1.89. The number of carboxylic acid groups (broad SMARTS) is 1. The summed E-state index contributed by atoms with van der Waals surface area (Å²) in [6, 6.07) is 13.5. The van der Waals surface area contributed by atoms with Gasteiger partial charge in [0.15, 0.2) is 0 Å². The Labute approximate surface area is 154 Å². The van der Waals surface area contributed by atoms with E-state index in [0.717, 1.165) is 4.88 Å². The third-order valence-electron chi connectivity index (χ3n) is 4.00. The van der Waals surface area contributed by atoms with Crippen LogP contribution in [0.4, 0.5) is 4.39 Å². The first-order valence-electron chi connectivity index (χ1n) is 7.92. The molecular formula is C20H15FN2O2S. The second-order valence-corrected chi connectivity index (χ2v) is 7.16. The van der Waals surface area contributed by atoms with Crippen molar-refractivity contribution in [1.82, 2.24) is 4.98 Å². The number of carboxylic acids is 1. The summed E-state index contributed by atoms with van der Waals surface area (Å²) < 4.78 is 14.3. The summed E-state index contributed by atoms with van der Waals surface area (Å²) in [5.74, 6) is -2.00. The number of hydrogen-bond acceptors (Lipinski definition) is 4. The second kappa shape index (κ2) is 7.46. The zero-order valence-electron chi connectivity index (χ0n) is 13.9. The van der Waals surface area contributed by atoms with Gasteiger partial charge < -0.3 is 5.11 Å². The zero-order valence-corrected chi connectivity index (χ0v) is 14.8. The highest BCUT2D eigenvalue weighted by atomic mass is 32.1. The molecule has 6 heteroatoms. The molecule has 0 saturated carbocycles. The fourth-order valence-corrected chi connectivity index (χ4v) is 3.76. The normalized spacial score (nSPS) is 11.7. The van der Waals surface area contributed by atoms with E-state index in [0.29, 0.717) is 27.3 Å². The molecule has 1 heterocycles. The second-order valence-electron chi connectivity index (χ2n) is 5.89. The lowest BCUT2D eigenvalue weighted by molar-refractivity contribution is -0.137. The molecule has 0 aliphatic carbocycles. The lowest BCUT2D eigenvalue weighted by Crippen LogP contribution is -2.08. The van der Waals surface area contributed by atoms with Gasteiger partial charge in [-0.25, -0.2) is 9.37 Å². The molecule has 1 atom stereocenters. The third kappa shape index (κ3) is 3.79. The lowest BCUT2D eigenvalue weighted by Gasteiger charge is -2.15. The van der Waals surface area contributed by atoms with Crippen LogP contribution in [-0.4, -0.2) is 16.1 Å². The number of aromatic nitrogens is 1. The maximum Gasteiger partial charge on any atom is 0.304 e. The van der Waals surface area contributed by atoms with Crippen molar-refractivity contribution >= 4 is 17.3 Å². The molecule has 0 saturated heterocycles. The minimum Gasteiger partial charge on any atom is -0.481 e. The third-order valence-corrected chi connectivity index (χ3v) is 5.02. The quantitative estimate of drug-likeness (QED) is 0.708. The Bertz CT molecular complexity index is 1010. The molecule has 0 fully saturated rings. The Balaban J connectivity index is 2.13. The van der Waals surface area contributed by atoms with Gasteiger partial charge in [0.1, 0.15) is 10.8 Å². The number of thiazole rings is 1. The smallest absolute Gasteiger partial charge is 0.304 e. The zero-order chi connectivity index (χ0) is 18.7. The van der Waals surface area contributed by atoms with E-state index in [-0.39, 0.29) is 6.42 Å². The summed E-state index contributed by atoms with van der Waals surface area (Å²) in [7, 11) is 0. The molecule has 26 heavy (non-hydrogen) atoms. The first-order chi connectivity index (χ1) is 12.5. The fourth-order valence-electron chi connectivity index (χ4n) is 2.86. The van der Waals surface area contributed by atoms with Gasteiger partial charge in [-0.1, -0.05) is 24.3 Å². The summed E-state index contributed by atoms with van der Waals surface area (Å²) in [6.07, 6.45) is 1.50. The molecule has 1 N–H and O–H groups in total. The van der Waals surface area contributed by atoms with Crippen LogP contribution in [0.2, 0.25) is 0 Å². The van der Waals surface area contributed by atoms with Gasteiger partial charge in [0.2, 0.25) is 0 Å². The van der Waals surface area contributed by atoms with E-state index in [1.807, 2.05) is 6.92 Å². The van der Waals surface area contributed by atoms with E-state index >= 15 is 0 Å². The summed E-state index contributed by atoms with van der Waals surface area (Å²) in [5, 5.41) is 19.2. The minimum absolute atomic E-state index is 0.185. The first kappa shape index (κ1) is 17.8. The van der Waals surface area contributed by atoms with Gasteiger partial charge in [-0.2, -0.15) is 5.26 Å². The van der Waals surface area contributed by atoms with Gasteiger partial charge in [0.25, 0.3) is 0 Å². The largest absolute Gasteiger partial charge is 0.481 e. The van der Waals surface area contributed by atoms with Crippen LogP contribution in [0.1, 0.15) is 33.4 Å². The van der Waals surface area contributed by atoms with Crippen molar-refractivity contribution in [2.24, 2.45) is 0 Å². The van der Waals surface area contributed by atoms with Gasteiger partial charge in [0.05, 0.1) is 18.1 Å². The maximum absolute atomic E-state index is 14.3. The van der Waals surface area contributed by atoms with Crippen LogP contribution in [0, 0.1) is 24.1 Å². The van der Waals surface area contributed by atoms with Crippen LogP contribution < -0.4 is 0 Å². The number of rotatable bonds is 5. The Morgan fingerprint density at radius 1 is 1.35 bits per heavy atom. The molecule has 2 aromatic carbocycles. The molecule has 0 aliphatic heterocycles. The number of carbonyl (C=O) groups is 1. The summed E-state index contributed by atoms with van der Waals surface area (Å²) in [4.78, 5) is 16.6. The van der Waals surface area contributed by atoms with Crippen LogP contribution in [0.5, 0.6) is 0 Å². The van der Waals surface area contributed by atoms with E-state index in [1.165, 1.54) is 23.5 Å². The Morgan fingerprint density at radius 3 is 2.77 bits per heavy atom. The molecule has 0 bridgehead atoms. The van der Waals surface area contributed by atoms with E-state index in [4.69, 9.17) is 0 Å². The van der Waals surface area contributed by atoms with Crippen LogP contribution in [-0.2, 0) is 4.79 Å². The average molecular weight is 366 g/mol. The average Bonchev–Trinajstić information content (AvgIpc) is 3.05. The van der Waals surface area contributed by atoms with Crippen molar-refractivity contribution in [2.75, 3.05) is 0 Å². The van der Waals surface area contributed by atoms with E-state index < -0.39 is 17.7 Å². The van der Waals surface area contributed by atoms with Gasteiger partial charge >= 0.3 is 5.97 Å². The van der Waals surface area contributed by atoms with E-state index in [1.54, 1.807) is 36.5 Å². The van der Waals surface area contributed by atoms with Crippen LogP contribution in [0.25, 0.3) is 11.1 Å². The highest BCUT2D eigenvalue weighted by Crippen LogP contribution is 2.34. The Kier molecular flexibility index (Phi) is 5.10. The highest BCUT2D eigenvalue weighted by Gasteiger charge is 2.22. The van der Waals surface area contributed by atoms with Gasteiger partial charge in [-0.15, -0.1) is 11.3 Å². The summed E-state index contributed by atoms with van der Waals surface area (Å²) >= 11 is 1.40. The molecule has 0 amide bonds. The van der Waals surface area contributed by atoms with Crippen LogP contribution in [0.3, 0.4) is 0 Å². The molecule has 1 aromatic heterocycles. The molecule has 3 aromatic rings. The predicted molar refractivity (Wildman–Crippen MR) is 97.5 cm³/mol. The van der Waals surface area contributed by atoms with Crippen LogP contribution in [0.15, 0.2) is 48.7 Å². The SMILES string of the molecule is Cc1cnc(C(CC(=O)O)c2cc(F)cc(-c3ccccc3C#N)c2)s1. The Morgan fingerprint density at radius 2 is 2.12 bits per heavy atom. The molecule has 3 rings (SSSR count). The number of nitrogens with zero attached hydrogens (tertiary/aromatic N) is 2. The van der Waals surface area contributed by atoms with Crippen molar-refractivity contribution < 1.29 is 14.3 Å². The molecule has 1 unspecified atom stereocenters. The van der Waals surface area contributed by atoms with Crippen molar-refractivity contribution in [3.8, 4) is 17.2 Å². The number of nitriles is 1. The predicted octanol–water partition coefficient (Wildman–Crippen LogP) is 4.74. The number of hydrogen-bond donors (Lipinski definition) is 1. The molecule has 0 spiro atoms. The maximum atomic E-state index is 14.3. The van der Waals surface area contributed by atoms with Gasteiger partial charge in [-0.05, 0) is 41.8 Å². The van der Waals surface area contributed by atoms with E-state index in [2.05, 4.69) is 11.1 Å². The number of aliphatic carboxylic acids is 1. The molecule has 0 radical (unpaired) electrons. The minimum atomic E-state index is -0.980. The van der Waals surface area contributed by atoms with Crippen LogP contribution >= 0.6 is 11.3 Å². The molecule has 0 aliphatic rings. The number of aryl methyl sites for hydroxylation is 1. The molecule has 130 valence electrons. The Hall–Kier alpha value is -3.04. The first-order valence-corrected chi connectivity index (χ1v) is 8.73. The topological polar surface area (TPSA) is 74.0 Å². The lowest BCUT2D eigenvalue weighted by atomic mass is 9.91. The van der Waals surface area contributed by atoms with E-state index in [9.17, 15) is 19.6 Å². The van der Waals surface area contributed by atoms with Crippen molar-refractivity contribution in [2.45, 2.75) is 19.3 Å². The summed E-state index contributed by atoms with van der Waals surface area (Å²) in [5.41, 5.74) is 2.12. The number of halogens is 1. The standard InChI is InChI=1S/C20H15FN2O2S/c1-12-11-23-20(26-12)18(9-19(24)25)15-6-14(7-16(21)8-15)17-5-3-2-4-13(17)10-22/h2-8,11,18H,9H2,1H3,(H,24,25). The van der Waals surface area contributed by atoms with Crippen molar-refractivity contribution in [3.05, 3.63) is 75.5 Å². The highest BCUT2D eigenvalue weighted by molar-refractivity contribution is 7.11. The number of benzene rings is 2. The van der Waals surface area contributed by atoms with Crippen molar-refractivity contribution in [1.29, 1.82) is 5.26 Å². The fraction of sp³-hybridized carbons (Fsp3) is 0.150. The monoisotopic (exact) mass is 366 g/mol.